The van der Waals surface area contributed by atoms with Gasteiger partial charge in [-0.05, 0) is 54.1 Å². The number of halogens is 1. The molecule has 1 N–H and O–H groups in total. The Labute approximate surface area is 201 Å². The molecule has 0 saturated heterocycles. The van der Waals surface area contributed by atoms with Gasteiger partial charge >= 0.3 is 0 Å². The van der Waals surface area contributed by atoms with Crippen LogP contribution in [-0.4, -0.2) is 39.6 Å². The molecular weight excluding hydrogens is 480 g/mol. The molecule has 0 spiro atoms. The fourth-order valence-corrected chi connectivity index (χ4v) is 4.52. The minimum atomic E-state index is -3.92. The Hall–Kier alpha value is -3.76. The molecule has 176 valence electrons. The van der Waals surface area contributed by atoms with Crippen molar-refractivity contribution in [1.82, 2.24) is 5.43 Å². The number of sulfone groups is 1. The second-order valence-corrected chi connectivity index (χ2v) is 9.92. The zero-order valence-corrected chi connectivity index (χ0v) is 19.9. The van der Waals surface area contributed by atoms with Gasteiger partial charge in [0.15, 0.2) is 9.84 Å². The molecule has 3 rings (SSSR count). The zero-order chi connectivity index (χ0) is 24.9. The van der Waals surface area contributed by atoms with Crippen LogP contribution in [0.3, 0.4) is 0 Å². The second kappa shape index (κ2) is 10.4. The van der Waals surface area contributed by atoms with Crippen LogP contribution in [-0.2, 0) is 15.6 Å². The Kier molecular flexibility index (Phi) is 7.64. The normalized spacial score (nSPS) is 11.4. The molecule has 0 aromatic heterocycles. The van der Waals surface area contributed by atoms with E-state index in [4.69, 9.17) is 11.6 Å². The summed E-state index contributed by atoms with van der Waals surface area (Å²) in [5, 5.41) is 15.7. The SMILES string of the molecule is CN(C)c1ccc(/C=N\NC(=O)c2ccc([N+](=O)[O-])c(CS(=O)(=O)c3ccc(Cl)cc3)c2)cc1. The van der Waals surface area contributed by atoms with Gasteiger partial charge in [-0.2, -0.15) is 5.10 Å². The summed E-state index contributed by atoms with van der Waals surface area (Å²) in [6.07, 6.45) is 1.45. The van der Waals surface area contributed by atoms with Crippen molar-refractivity contribution < 1.29 is 18.1 Å². The van der Waals surface area contributed by atoms with Gasteiger partial charge in [0.05, 0.1) is 21.8 Å². The van der Waals surface area contributed by atoms with Crippen molar-refractivity contribution >= 4 is 44.9 Å². The molecule has 34 heavy (non-hydrogen) atoms. The van der Waals surface area contributed by atoms with E-state index in [1.165, 1.54) is 42.6 Å². The third-order valence-electron chi connectivity index (χ3n) is 4.85. The van der Waals surface area contributed by atoms with Gasteiger partial charge < -0.3 is 4.90 Å². The lowest BCUT2D eigenvalue weighted by atomic mass is 10.1. The number of hydrogen-bond acceptors (Lipinski definition) is 7. The molecule has 0 unspecified atom stereocenters. The molecule has 0 aliphatic rings. The molecule has 9 nitrogen and oxygen atoms in total. The number of nitrogens with zero attached hydrogens (tertiary/aromatic N) is 3. The van der Waals surface area contributed by atoms with Crippen molar-refractivity contribution in [3.63, 3.8) is 0 Å². The van der Waals surface area contributed by atoms with Crippen LogP contribution >= 0.6 is 11.6 Å². The van der Waals surface area contributed by atoms with Gasteiger partial charge in [0.25, 0.3) is 11.6 Å². The smallest absolute Gasteiger partial charge is 0.273 e. The second-order valence-electron chi connectivity index (χ2n) is 7.50. The van der Waals surface area contributed by atoms with Crippen molar-refractivity contribution in [2.45, 2.75) is 10.6 Å². The predicted molar refractivity (Wildman–Crippen MR) is 131 cm³/mol. The molecule has 1 amide bonds. The number of rotatable bonds is 8. The average Bonchev–Trinajstić information content (AvgIpc) is 2.79. The third-order valence-corrected chi connectivity index (χ3v) is 6.78. The topological polar surface area (TPSA) is 122 Å². The first-order valence-electron chi connectivity index (χ1n) is 9.93. The monoisotopic (exact) mass is 500 g/mol. The molecule has 0 aliphatic heterocycles. The Balaban J connectivity index is 1.80. The lowest BCUT2D eigenvalue weighted by Gasteiger charge is -2.11. The molecule has 0 radical (unpaired) electrons. The maximum atomic E-state index is 12.8. The van der Waals surface area contributed by atoms with Gasteiger partial charge in [-0.1, -0.05) is 23.7 Å². The van der Waals surface area contributed by atoms with Crippen LogP contribution in [0.1, 0.15) is 21.5 Å². The number of hydrogen-bond donors (Lipinski definition) is 1. The highest BCUT2D eigenvalue weighted by molar-refractivity contribution is 7.90. The number of amides is 1. The van der Waals surface area contributed by atoms with E-state index in [0.29, 0.717) is 5.02 Å². The van der Waals surface area contributed by atoms with E-state index in [1.54, 1.807) is 0 Å². The fourth-order valence-electron chi connectivity index (χ4n) is 3.04. The van der Waals surface area contributed by atoms with Crippen molar-refractivity contribution in [2.75, 3.05) is 19.0 Å². The fraction of sp³-hybridized carbons (Fsp3) is 0.130. The maximum absolute atomic E-state index is 12.8. The van der Waals surface area contributed by atoms with Gasteiger partial charge in [-0.25, -0.2) is 13.8 Å². The summed E-state index contributed by atoms with van der Waals surface area (Å²) >= 11 is 5.80. The summed E-state index contributed by atoms with van der Waals surface area (Å²) in [5.74, 6) is -1.30. The van der Waals surface area contributed by atoms with Gasteiger partial charge in [0.2, 0.25) is 0 Å². The van der Waals surface area contributed by atoms with Crippen molar-refractivity contribution in [1.29, 1.82) is 0 Å². The first-order valence-corrected chi connectivity index (χ1v) is 12.0. The molecule has 0 aliphatic carbocycles. The van der Waals surface area contributed by atoms with Crippen LogP contribution in [0.4, 0.5) is 11.4 Å². The van der Waals surface area contributed by atoms with Crippen LogP contribution in [0.2, 0.25) is 5.02 Å². The molecule has 3 aromatic carbocycles. The van der Waals surface area contributed by atoms with Crippen molar-refractivity contribution in [2.24, 2.45) is 5.10 Å². The molecule has 0 bridgehead atoms. The highest BCUT2D eigenvalue weighted by Crippen LogP contribution is 2.26. The number of anilines is 1. The van der Waals surface area contributed by atoms with E-state index < -0.39 is 32.1 Å². The first-order chi connectivity index (χ1) is 16.1. The number of nitro benzene ring substituents is 1. The Morgan fingerprint density at radius 1 is 1.09 bits per heavy atom. The largest absolute Gasteiger partial charge is 0.378 e. The molecule has 3 aromatic rings. The number of nitro groups is 1. The number of benzene rings is 3. The average molecular weight is 501 g/mol. The van der Waals surface area contributed by atoms with Gasteiger partial charge in [-0.15, -0.1) is 0 Å². The minimum absolute atomic E-state index is 0.0343. The summed E-state index contributed by atoms with van der Waals surface area (Å²) in [4.78, 5) is 25.2. The van der Waals surface area contributed by atoms with E-state index in [2.05, 4.69) is 10.5 Å². The molecule has 0 fully saturated rings. The quantitative estimate of drug-likeness (QED) is 0.283. The maximum Gasteiger partial charge on any atom is 0.273 e. The van der Waals surface area contributed by atoms with Crippen LogP contribution in [0.25, 0.3) is 0 Å². The third kappa shape index (κ3) is 6.18. The van der Waals surface area contributed by atoms with Gasteiger partial charge in [-0.3, -0.25) is 14.9 Å². The lowest BCUT2D eigenvalue weighted by Crippen LogP contribution is -2.18. The predicted octanol–water partition coefficient (Wildman–Crippen LogP) is 4.05. The van der Waals surface area contributed by atoms with E-state index in [1.807, 2.05) is 43.3 Å². The zero-order valence-electron chi connectivity index (χ0n) is 18.3. The highest BCUT2D eigenvalue weighted by atomic mass is 35.5. The van der Waals surface area contributed by atoms with E-state index in [9.17, 15) is 23.3 Å². The first kappa shape index (κ1) is 24.9. The summed E-state index contributed by atoms with van der Waals surface area (Å²) < 4.78 is 25.5. The summed E-state index contributed by atoms with van der Waals surface area (Å²) in [6, 6.07) is 16.4. The summed E-state index contributed by atoms with van der Waals surface area (Å²) in [7, 11) is -0.0809. The van der Waals surface area contributed by atoms with Gasteiger partial charge in [0, 0.05) is 42.0 Å². The van der Waals surface area contributed by atoms with E-state index in [0.717, 1.165) is 17.3 Å². The van der Waals surface area contributed by atoms with Crippen LogP contribution in [0.5, 0.6) is 0 Å². The van der Waals surface area contributed by atoms with Crippen LogP contribution < -0.4 is 10.3 Å². The number of nitrogens with one attached hydrogen (secondary N) is 1. The standard InChI is InChI=1S/C23H21ClN4O5S/c1-27(2)20-8-3-16(4-9-20)14-25-26-23(29)17-5-12-22(28(30)31)18(13-17)15-34(32,33)21-10-6-19(24)7-11-21/h3-14H,15H2,1-2H3,(H,26,29)/b25-14-. The van der Waals surface area contributed by atoms with Gasteiger partial charge in [0.1, 0.15) is 0 Å². The minimum Gasteiger partial charge on any atom is -0.378 e. The molecule has 0 heterocycles. The Morgan fingerprint density at radius 3 is 2.32 bits per heavy atom. The number of carbonyl (C=O) groups excluding carboxylic acids is 1. The van der Waals surface area contributed by atoms with Crippen LogP contribution in [0.15, 0.2) is 76.7 Å². The lowest BCUT2D eigenvalue weighted by molar-refractivity contribution is -0.385. The molecule has 11 heteroatoms. The van der Waals surface area contributed by atoms with E-state index >= 15 is 0 Å². The Morgan fingerprint density at radius 2 is 1.74 bits per heavy atom. The van der Waals surface area contributed by atoms with Crippen LogP contribution in [0, 0.1) is 10.1 Å². The van der Waals surface area contributed by atoms with E-state index in [-0.39, 0.29) is 16.0 Å². The molecular formula is C23H21ClN4O5S. The number of carbonyl (C=O) groups is 1. The highest BCUT2D eigenvalue weighted by Gasteiger charge is 2.23. The Bertz CT molecular complexity index is 1340. The molecule has 0 saturated carbocycles. The van der Waals surface area contributed by atoms with Crippen molar-refractivity contribution in [3.8, 4) is 0 Å². The van der Waals surface area contributed by atoms with Crippen molar-refractivity contribution in [3.05, 3.63) is 98.6 Å². The molecule has 0 atom stereocenters. The summed E-state index contributed by atoms with van der Waals surface area (Å²) in [6.45, 7) is 0. The summed E-state index contributed by atoms with van der Waals surface area (Å²) in [5.41, 5.74) is 3.62. The number of hydrazone groups is 1.